The molecule has 29 heavy (non-hydrogen) atoms. The number of aryl methyl sites for hydroxylation is 1. The molecular weight excluding hydrogens is 409 g/mol. The Hall–Kier alpha value is -2.50. The molecule has 0 spiro atoms. The van der Waals surface area contributed by atoms with E-state index in [1.807, 2.05) is 18.2 Å². The number of fused-ring (bicyclic) bond motifs is 1. The van der Waals surface area contributed by atoms with Gasteiger partial charge in [0, 0.05) is 31.6 Å². The van der Waals surface area contributed by atoms with Gasteiger partial charge in [-0.3, -0.25) is 4.79 Å². The minimum atomic E-state index is -0.170. The van der Waals surface area contributed by atoms with Gasteiger partial charge in [-0.25, -0.2) is 4.98 Å². The zero-order valence-electron chi connectivity index (χ0n) is 16.3. The van der Waals surface area contributed by atoms with Crippen molar-refractivity contribution in [3.8, 4) is 5.75 Å². The van der Waals surface area contributed by atoms with Gasteiger partial charge in [-0.15, -0.1) is 0 Å². The molecular formula is C22H21Cl2N3O2. The van der Waals surface area contributed by atoms with Crippen molar-refractivity contribution in [2.75, 3.05) is 38.2 Å². The molecule has 1 aliphatic heterocycles. The average Bonchev–Trinajstić information content (AvgIpc) is 2.74. The van der Waals surface area contributed by atoms with Crippen LogP contribution >= 0.6 is 23.2 Å². The molecule has 2 heterocycles. The normalized spacial score (nSPS) is 14.3. The van der Waals surface area contributed by atoms with Gasteiger partial charge in [-0.1, -0.05) is 41.4 Å². The SMILES string of the molecule is COc1c(Cl)ccc(Cl)c1C(=O)N1CCN(c2cc(C)c3ccccc3n2)CC1. The lowest BCUT2D eigenvalue weighted by molar-refractivity contribution is 0.0743. The first-order valence-electron chi connectivity index (χ1n) is 9.42. The largest absolute Gasteiger partial charge is 0.494 e. The molecule has 1 fully saturated rings. The molecule has 0 atom stereocenters. The van der Waals surface area contributed by atoms with Crippen LogP contribution in [0.4, 0.5) is 5.82 Å². The smallest absolute Gasteiger partial charge is 0.259 e. The van der Waals surface area contributed by atoms with Gasteiger partial charge < -0.3 is 14.5 Å². The Balaban J connectivity index is 1.53. The van der Waals surface area contributed by atoms with Gasteiger partial charge in [-0.05, 0) is 36.8 Å². The van der Waals surface area contributed by atoms with E-state index in [0.29, 0.717) is 47.5 Å². The Morgan fingerprint density at radius 1 is 1.03 bits per heavy atom. The quantitative estimate of drug-likeness (QED) is 0.598. The van der Waals surface area contributed by atoms with Crippen LogP contribution < -0.4 is 9.64 Å². The number of ether oxygens (including phenoxy) is 1. The van der Waals surface area contributed by atoms with Crippen LogP contribution in [-0.2, 0) is 0 Å². The minimum absolute atomic E-state index is 0.170. The first-order chi connectivity index (χ1) is 14.0. The van der Waals surface area contributed by atoms with Crippen molar-refractivity contribution in [1.29, 1.82) is 0 Å². The van der Waals surface area contributed by atoms with Gasteiger partial charge in [0.25, 0.3) is 5.91 Å². The van der Waals surface area contributed by atoms with Crippen LogP contribution in [0.3, 0.4) is 0 Å². The van der Waals surface area contributed by atoms with Crippen LogP contribution in [0, 0.1) is 6.92 Å². The van der Waals surface area contributed by atoms with E-state index in [1.54, 1.807) is 17.0 Å². The molecule has 0 radical (unpaired) electrons. The standard InChI is InChI=1S/C22H21Cl2N3O2/c1-14-13-19(25-18-6-4-3-5-15(14)18)26-9-11-27(12-10-26)22(28)20-16(23)7-8-17(24)21(20)29-2/h3-8,13H,9-12H2,1-2H3. The number of benzene rings is 2. The van der Waals surface area contributed by atoms with Crippen LogP contribution in [0.2, 0.25) is 10.0 Å². The fourth-order valence-corrected chi connectivity index (χ4v) is 4.19. The summed E-state index contributed by atoms with van der Waals surface area (Å²) in [4.78, 5) is 21.9. The van der Waals surface area contributed by atoms with Crippen molar-refractivity contribution in [3.05, 3.63) is 63.6 Å². The predicted octanol–water partition coefficient (Wildman–Crippen LogP) is 4.82. The predicted molar refractivity (Wildman–Crippen MR) is 118 cm³/mol. The van der Waals surface area contributed by atoms with Crippen LogP contribution in [0.25, 0.3) is 10.9 Å². The third kappa shape index (κ3) is 3.72. The van der Waals surface area contributed by atoms with E-state index in [0.717, 1.165) is 16.7 Å². The summed E-state index contributed by atoms with van der Waals surface area (Å²) in [6.45, 7) is 4.62. The monoisotopic (exact) mass is 429 g/mol. The maximum absolute atomic E-state index is 13.1. The maximum atomic E-state index is 13.1. The number of anilines is 1. The molecule has 1 aromatic heterocycles. The molecule has 4 rings (SSSR count). The summed E-state index contributed by atoms with van der Waals surface area (Å²) >= 11 is 12.5. The number of halogens is 2. The van der Waals surface area contributed by atoms with Gasteiger partial charge in [0.05, 0.1) is 22.7 Å². The minimum Gasteiger partial charge on any atom is -0.494 e. The molecule has 1 saturated heterocycles. The van der Waals surface area contributed by atoms with Crippen molar-refractivity contribution < 1.29 is 9.53 Å². The Morgan fingerprint density at radius 2 is 1.72 bits per heavy atom. The summed E-state index contributed by atoms with van der Waals surface area (Å²) in [6.07, 6.45) is 0. The average molecular weight is 430 g/mol. The van der Waals surface area contributed by atoms with Gasteiger partial charge in [0.1, 0.15) is 11.4 Å². The van der Waals surface area contributed by atoms with Crippen molar-refractivity contribution >= 4 is 45.8 Å². The van der Waals surface area contributed by atoms with E-state index < -0.39 is 0 Å². The number of methoxy groups -OCH3 is 1. The second-order valence-electron chi connectivity index (χ2n) is 7.03. The van der Waals surface area contributed by atoms with Crippen molar-refractivity contribution in [2.45, 2.75) is 6.92 Å². The number of rotatable bonds is 3. The summed E-state index contributed by atoms with van der Waals surface area (Å²) in [5.74, 6) is 1.08. The number of amides is 1. The zero-order chi connectivity index (χ0) is 20.5. The van der Waals surface area contributed by atoms with Gasteiger partial charge in [0.15, 0.2) is 5.75 Å². The van der Waals surface area contributed by atoms with E-state index in [1.165, 1.54) is 12.7 Å². The third-order valence-electron chi connectivity index (χ3n) is 5.28. The van der Waals surface area contributed by atoms with Gasteiger partial charge >= 0.3 is 0 Å². The van der Waals surface area contributed by atoms with Crippen LogP contribution in [0.1, 0.15) is 15.9 Å². The molecule has 5 nitrogen and oxygen atoms in total. The summed E-state index contributed by atoms with van der Waals surface area (Å²) in [5, 5.41) is 1.87. The van der Waals surface area contributed by atoms with E-state index in [4.69, 9.17) is 32.9 Å². The van der Waals surface area contributed by atoms with Crippen LogP contribution in [0.5, 0.6) is 5.75 Å². The highest BCUT2D eigenvalue weighted by atomic mass is 35.5. The topological polar surface area (TPSA) is 45.7 Å². The highest BCUT2D eigenvalue weighted by Gasteiger charge is 2.28. The summed E-state index contributed by atoms with van der Waals surface area (Å²) < 4.78 is 5.33. The number of carbonyl (C=O) groups is 1. The molecule has 0 unspecified atom stereocenters. The fraction of sp³-hybridized carbons (Fsp3) is 0.273. The van der Waals surface area contributed by atoms with E-state index in [2.05, 4.69) is 24.0 Å². The number of pyridine rings is 1. The second-order valence-corrected chi connectivity index (χ2v) is 7.85. The van der Waals surface area contributed by atoms with E-state index >= 15 is 0 Å². The van der Waals surface area contributed by atoms with Crippen LogP contribution in [-0.4, -0.2) is 49.1 Å². The molecule has 3 aromatic rings. The molecule has 0 aliphatic carbocycles. The number of hydrogen-bond donors (Lipinski definition) is 0. The van der Waals surface area contributed by atoms with Crippen molar-refractivity contribution in [2.24, 2.45) is 0 Å². The number of hydrogen-bond acceptors (Lipinski definition) is 4. The Kier molecular flexibility index (Phi) is 5.52. The molecule has 0 saturated carbocycles. The Morgan fingerprint density at radius 3 is 2.45 bits per heavy atom. The summed E-state index contributed by atoms with van der Waals surface area (Å²) in [7, 11) is 1.49. The number of nitrogens with zero attached hydrogens (tertiary/aromatic N) is 3. The fourth-order valence-electron chi connectivity index (χ4n) is 3.72. The number of carbonyl (C=O) groups excluding carboxylic acids is 1. The van der Waals surface area contributed by atoms with E-state index in [9.17, 15) is 4.79 Å². The molecule has 0 bridgehead atoms. The number of piperazine rings is 1. The number of aromatic nitrogens is 1. The lowest BCUT2D eigenvalue weighted by atomic mass is 10.1. The Bertz CT molecular complexity index is 1080. The molecule has 1 aliphatic rings. The van der Waals surface area contributed by atoms with Gasteiger partial charge in [0.2, 0.25) is 0 Å². The first-order valence-corrected chi connectivity index (χ1v) is 10.2. The molecule has 0 N–H and O–H groups in total. The lowest BCUT2D eigenvalue weighted by Gasteiger charge is -2.36. The van der Waals surface area contributed by atoms with Crippen LogP contribution in [0.15, 0.2) is 42.5 Å². The second kappa shape index (κ2) is 8.09. The number of para-hydroxylation sites is 1. The maximum Gasteiger partial charge on any atom is 0.259 e. The molecule has 2 aromatic carbocycles. The van der Waals surface area contributed by atoms with Crippen molar-refractivity contribution in [3.63, 3.8) is 0 Å². The molecule has 7 heteroatoms. The zero-order valence-corrected chi connectivity index (χ0v) is 17.8. The summed E-state index contributed by atoms with van der Waals surface area (Å²) in [5.41, 5.74) is 2.49. The highest BCUT2D eigenvalue weighted by Crippen LogP contribution is 2.35. The summed E-state index contributed by atoms with van der Waals surface area (Å²) in [6, 6.07) is 13.5. The van der Waals surface area contributed by atoms with Gasteiger partial charge in [-0.2, -0.15) is 0 Å². The lowest BCUT2D eigenvalue weighted by Crippen LogP contribution is -2.49. The third-order valence-corrected chi connectivity index (χ3v) is 5.89. The van der Waals surface area contributed by atoms with E-state index in [-0.39, 0.29) is 5.91 Å². The van der Waals surface area contributed by atoms with Crippen molar-refractivity contribution in [1.82, 2.24) is 9.88 Å². The Labute approximate surface area is 179 Å². The molecule has 1 amide bonds. The highest BCUT2D eigenvalue weighted by molar-refractivity contribution is 6.37. The molecule has 150 valence electrons. The first kappa shape index (κ1) is 19.8.